The summed E-state index contributed by atoms with van der Waals surface area (Å²) in [5.74, 6) is 1.47. The molecule has 6 heteroatoms. The van der Waals surface area contributed by atoms with E-state index in [-0.39, 0.29) is 0 Å². The Morgan fingerprint density at radius 2 is 1.86 bits per heavy atom. The molecule has 0 aliphatic rings. The van der Waals surface area contributed by atoms with Crippen molar-refractivity contribution in [3.63, 3.8) is 0 Å². The summed E-state index contributed by atoms with van der Waals surface area (Å²) in [6, 6.07) is 4.00. The van der Waals surface area contributed by atoms with Gasteiger partial charge in [-0.2, -0.15) is 0 Å². The van der Waals surface area contributed by atoms with Gasteiger partial charge in [0.15, 0.2) is 11.5 Å². The molecule has 0 saturated carbocycles. The Morgan fingerprint density at radius 3 is 2.52 bits per heavy atom. The number of alkyl halides is 1. The van der Waals surface area contributed by atoms with Crippen LogP contribution in [0.2, 0.25) is 0 Å². The number of benzene rings is 1. The Kier molecular flexibility index (Phi) is 10.1. The maximum absolute atomic E-state index is 5.78. The Hall–Kier alpha value is -0.300. The average Bonchev–Trinajstić information content (AvgIpc) is 2.48. The quantitative estimate of drug-likeness (QED) is 0.393. The lowest BCUT2D eigenvalue weighted by Gasteiger charge is -2.15. The SMILES string of the molecule is CCOc1cc(CBr)cc(Br)c1OCCOCCCOC. The molecule has 0 unspecified atom stereocenters. The fourth-order valence-corrected chi connectivity index (χ4v) is 2.64. The minimum absolute atomic E-state index is 0.485. The van der Waals surface area contributed by atoms with E-state index in [0.29, 0.717) is 26.4 Å². The van der Waals surface area contributed by atoms with Gasteiger partial charge >= 0.3 is 0 Å². The third-order valence-electron chi connectivity index (χ3n) is 2.63. The van der Waals surface area contributed by atoms with Crippen molar-refractivity contribution in [3.05, 3.63) is 22.2 Å². The molecule has 0 saturated heterocycles. The van der Waals surface area contributed by atoms with Gasteiger partial charge in [0.05, 0.1) is 17.7 Å². The van der Waals surface area contributed by atoms with Gasteiger partial charge < -0.3 is 18.9 Å². The normalized spacial score (nSPS) is 10.7. The standard InChI is InChI=1S/C15H22Br2O4/c1-3-20-14-10-12(11-16)9-13(17)15(14)21-8-7-19-6-4-5-18-2/h9-10H,3-8,11H2,1-2H3. The second-order valence-corrected chi connectivity index (χ2v) is 5.69. The fourth-order valence-electron chi connectivity index (χ4n) is 1.71. The highest BCUT2D eigenvalue weighted by Crippen LogP contribution is 2.37. The number of hydrogen-bond donors (Lipinski definition) is 0. The van der Waals surface area contributed by atoms with Crippen LogP contribution in [0.4, 0.5) is 0 Å². The van der Waals surface area contributed by atoms with Gasteiger partial charge in [0.2, 0.25) is 0 Å². The van der Waals surface area contributed by atoms with E-state index in [1.807, 2.05) is 19.1 Å². The second-order valence-electron chi connectivity index (χ2n) is 4.28. The molecule has 0 atom stereocenters. The summed E-state index contributed by atoms with van der Waals surface area (Å²) in [4.78, 5) is 0. The summed E-state index contributed by atoms with van der Waals surface area (Å²) in [7, 11) is 1.69. The predicted molar refractivity (Wildman–Crippen MR) is 90.7 cm³/mol. The van der Waals surface area contributed by atoms with Crippen LogP contribution in [-0.2, 0) is 14.8 Å². The van der Waals surface area contributed by atoms with Crippen molar-refractivity contribution in [2.24, 2.45) is 0 Å². The van der Waals surface area contributed by atoms with Crippen molar-refractivity contribution in [3.8, 4) is 11.5 Å². The molecule has 0 fully saturated rings. The average molecular weight is 426 g/mol. The van der Waals surface area contributed by atoms with Gasteiger partial charge in [-0.05, 0) is 47.0 Å². The van der Waals surface area contributed by atoms with Crippen molar-refractivity contribution in [1.82, 2.24) is 0 Å². The molecule has 0 bridgehead atoms. The third-order valence-corrected chi connectivity index (χ3v) is 3.87. The third kappa shape index (κ3) is 7.00. The summed E-state index contributed by atoms with van der Waals surface area (Å²) in [5.41, 5.74) is 1.13. The Bertz CT molecular complexity index is 413. The van der Waals surface area contributed by atoms with Crippen LogP contribution in [0, 0.1) is 0 Å². The van der Waals surface area contributed by atoms with Crippen LogP contribution in [-0.4, -0.2) is 40.1 Å². The van der Waals surface area contributed by atoms with E-state index in [9.17, 15) is 0 Å². The molecular weight excluding hydrogens is 404 g/mol. The topological polar surface area (TPSA) is 36.9 Å². The van der Waals surface area contributed by atoms with E-state index in [0.717, 1.165) is 39.9 Å². The van der Waals surface area contributed by atoms with E-state index >= 15 is 0 Å². The van der Waals surface area contributed by atoms with Crippen molar-refractivity contribution >= 4 is 31.9 Å². The smallest absolute Gasteiger partial charge is 0.175 e. The van der Waals surface area contributed by atoms with Crippen LogP contribution < -0.4 is 9.47 Å². The van der Waals surface area contributed by atoms with E-state index in [2.05, 4.69) is 31.9 Å². The zero-order valence-corrected chi connectivity index (χ0v) is 15.7. The molecule has 0 spiro atoms. The van der Waals surface area contributed by atoms with Gasteiger partial charge in [0.25, 0.3) is 0 Å². The summed E-state index contributed by atoms with van der Waals surface area (Å²) >= 11 is 6.98. The molecule has 1 aromatic rings. The molecule has 0 amide bonds. The Morgan fingerprint density at radius 1 is 1.05 bits per heavy atom. The molecule has 0 heterocycles. The number of ether oxygens (including phenoxy) is 4. The van der Waals surface area contributed by atoms with Crippen LogP contribution >= 0.6 is 31.9 Å². The van der Waals surface area contributed by atoms with E-state index in [1.54, 1.807) is 7.11 Å². The predicted octanol–water partition coefficient (Wildman–Crippen LogP) is 4.17. The Labute approximate surface area is 143 Å². The molecule has 1 aromatic carbocycles. The van der Waals surface area contributed by atoms with Crippen molar-refractivity contribution < 1.29 is 18.9 Å². The first-order chi connectivity index (χ1) is 10.2. The van der Waals surface area contributed by atoms with Gasteiger partial charge in [-0.15, -0.1) is 0 Å². The van der Waals surface area contributed by atoms with Gasteiger partial charge in [-0.1, -0.05) is 15.9 Å². The molecule has 0 aliphatic heterocycles. The van der Waals surface area contributed by atoms with E-state index < -0.39 is 0 Å². The van der Waals surface area contributed by atoms with Crippen LogP contribution in [0.25, 0.3) is 0 Å². The lowest BCUT2D eigenvalue weighted by atomic mass is 10.2. The zero-order chi connectivity index (χ0) is 15.5. The molecule has 1 rings (SSSR count). The highest BCUT2D eigenvalue weighted by Gasteiger charge is 2.11. The molecular formula is C15H22Br2O4. The van der Waals surface area contributed by atoms with Crippen LogP contribution in [0.15, 0.2) is 16.6 Å². The van der Waals surface area contributed by atoms with Crippen molar-refractivity contribution in [1.29, 1.82) is 0 Å². The molecule has 0 aromatic heterocycles. The van der Waals surface area contributed by atoms with Gasteiger partial charge in [-0.3, -0.25) is 0 Å². The fraction of sp³-hybridized carbons (Fsp3) is 0.600. The molecule has 0 radical (unpaired) electrons. The first-order valence-corrected chi connectivity index (χ1v) is 8.85. The lowest BCUT2D eigenvalue weighted by Crippen LogP contribution is -2.10. The first-order valence-electron chi connectivity index (χ1n) is 6.93. The molecule has 4 nitrogen and oxygen atoms in total. The molecule has 120 valence electrons. The van der Waals surface area contributed by atoms with Gasteiger partial charge in [0, 0.05) is 25.7 Å². The number of halogens is 2. The zero-order valence-electron chi connectivity index (χ0n) is 12.5. The monoisotopic (exact) mass is 424 g/mol. The lowest BCUT2D eigenvalue weighted by molar-refractivity contribution is 0.0796. The van der Waals surface area contributed by atoms with Crippen molar-refractivity contribution in [2.45, 2.75) is 18.7 Å². The number of rotatable bonds is 11. The maximum Gasteiger partial charge on any atom is 0.175 e. The van der Waals surface area contributed by atoms with Crippen LogP contribution in [0.1, 0.15) is 18.9 Å². The van der Waals surface area contributed by atoms with Crippen molar-refractivity contribution in [2.75, 3.05) is 40.1 Å². The summed E-state index contributed by atoms with van der Waals surface area (Å²) < 4.78 is 22.7. The van der Waals surface area contributed by atoms with Gasteiger partial charge in [-0.25, -0.2) is 0 Å². The summed E-state index contributed by atoms with van der Waals surface area (Å²) in [6.45, 7) is 4.98. The number of hydrogen-bond acceptors (Lipinski definition) is 4. The maximum atomic E-state index is 5.78. The van der Waals surface area contributed by atoms with Crippen LogP contribution in [0.5, 0.6) is 11.5 Å². The molecule has 0 aliphatic carbocycles. The second kappa shape index (κ2) is 11.3. The van der Waals surface area contributed by atoms with E-state index in [4.69, 9.17) is 18.9 Å². The minimum Gasteiger partial charge on any atom is -0.490 e. The van der Waals surface area contributed by atoms with E-state index in [1.165, 1.54) is 0 Å². The van der Waals surface area contributed by atoms with Crippen LogP contribution in [0.3, 0.4) is 0 Å². The molecule has 21 heavy (non-hydrogen) atoms. The summed E-state index contributed by atoms with van der Waals surface area (Å²) in [6.07, 6.45) is 0.893. The Balaban J connectivity index is 2.49. The largest absolute Gasteiger partial charge is 0.490 e. The van der Waals surface area contributed by atoms with Gasteiger partial charge in [0.1, 0.15) is 6.61 Å². The summed E-state index contributed by atoms with van der Waals surface area (Å²) in [5, 5.41) is 0.772. The highest BCUT2D eigenvalue weighted by molar-refractivity contribution is 9.10. The minimum atomic E-state index is 0.485. The number of methoxy groups -OCH3 is 1. The molecule has 0 N–H and O–H groups in total. The first kappa shape index (κ1) is 18.7. The highest BCUT2D eigenvalue weighted by atomic mass is 79.9.